The van der Waals surface area contributed by atoms with Crippen LogP contribution in [0.25, 0.3) is 0 Å². The molecule has 0 unspecified atom stereocenters. The molecule has 0 atom stereocenters. The number of benzene rings is 1. The van der Waals surface area contributed by atoms with Crippen LogP contribution < -0.4 is 4.72 Å². The zero-order valence-electron chi connectivity index (χ0n) is 6.16. The van der Waals surface area contributed by atoms with Crippen molar-refractivity contribution in [3.63, 3.8) is 0 Å². The van der Waals surface area contributed by atoms with Gasteiger partial charge in [-0.1, -0.05) is 27.5 Å². The predicted octanol–water partition coefficient (Wildman–Crippen LogP) is 2.32. The van der Waals surface area contributed by atoms with Crippen molar-refractivity contribution in [1.82, 2.24) is 0 Å². The van der Waals surface area contributed by atoms with Gasteiger partial charge in [0, 0.05) is 4.47 Å². The molecule has 1 aromatic rings. The van der Waals surface area contributed by atoms with Gasteiger partial charge in [0.05, 0.1) is 10.7 Å². The monoisotopic (exact) mass is 285 g/mol. The van der Waals surface area contributed by atoms with Crippen LogP contribution in [-0.2, 0) is 10.3 Å². The van der Waals surface area contributed by atoms with Crippen LogP contribution in [0.3, 0.4) is 0 Å². The lowest BCUT2D eigenvalue weighted by atomic mass is 10.3. The van der Waals surface area contributed by atoms with Crippen molar-refractivity contribution in [2.24, 2.45) is 0 Å². The highest BCUT2D eigenvalue weighted by atomic mass is 79.9. The summed E-state index contributed by atoms with van der Waals surface area (Å²) in [7, 11) is -4.26. The van der Waals surface area contributed by atoms with Gasteiger partial charge in [-0.2, -0.15) is 8.42 Å². The summed E-state index contributed by atoms with van der Waals surface area (Å²) in [4.78, 5) is 0. The van der Waals surface area contributed by atoms with Crippen LogP contribution in [0.5, 0.6) is 0 Å². The summed E-state index contributed by atoms with van der Waals surface area (Å²) in [6.07, 6.45) is 0. The first-order chi connectivity index (χ1) is 5.88. The van der Waals surface area contributed by atoms with Crippen LogP contribution in [0.2, 0.25) is 5.02 Å². The van der Waals surface area contributed by atoms with Gasteiger partial charge in [-0.25, -0.2) is 0 Å². The van der Waals surface area contributed by atoms with Crippen LogP contribution in [0.1, 0.15) is 0 Å². The molecule has 0 aromatic heterocycles. The number of rotatable bonds is 2. The SMILES string of the molecule is O=S(=O)(O)Nc1ccc(Br)cc1Cl. The third-order valence-corrected chi connectivity index (χ3v) is 2.45. The zero-order chi connectivity index (χ0) is 10.1. The molecule has 0 fully saturated rings. The normalized spacial score (nSPS) is 11.3. The van der Waals surface area contributed by atoms with E-state index >= 15 is 0 Å². The Balaban J connectivity index is 3.04. The van der Waals surface area contributed by atoms with E-state index in [9.17, 15) is 8.42 Å². The lowest BCUT2D eigenvalue weighted by Crippen LogP contribution is -2.10. The van der Waals surface area contributed by atoms with Gasteiger partial charge in [0.25, 0.3) is 0 Å². The van der Waals surface area contributed by atoms with Gasteiger partial charge in [0.2, 0.25) is 0 Å². The summed E-state index contributed by atoms with van der Waals surface area (Å²) in [5.74, 6) is 0. The molecular weight excluding hydrogens is 281 g/mol. The molecule has 0 saturated carbocycles. The third-order valence-electron chi connectivity index (χ3n) is 1.17. The predicted molar refractivity (Wildman–Crippen MR) is 54.3 cm³/mol. The Morgan fingerprint density at radius 1 is 1.46 bits per heavy atom. The Labute approximate surface area is 88.9 Å². The van der Waals surface area contributed by atoms with Crippen molar-refractivity contribution in [3.8, 4) is 0 Å². The van der Waals surface area contributed by atoms with Crippen molar-refractivity contribution < 1.29 is 13.0 Å². The Morgan fingerprint density at radius 2 is 2.08 bits per heavy atom. The summed E-state index contributed by atoms with van der Waals surface area (Å²) in [5, 5.41) is 0.201. The first-order valence-corrected chi connectivity index (χ1v) is 5.70. The van der Waals surface area contributed by atoms with Crippen LogP contribution >= 0.6 is 27.5 Å². The lowest BCUT2D eigenvalue weighted by molar-refractivity contribution is 0.490. The zero-order valence-corrected chi connectivity index (χ0v) is 9.32. The molecule has 1 aromatic carbocycles. The second-order valence-electron chi connectivity index (χ2n) is 2.20. The highest BCUT2D eigenvalue weighted by Gasteiger charge is 2.07. The van der Waals surface area contributed by atoms with E-state index in [0.717, 1.165) is 4.47 Å². The molecule has 0 aliphatic rings. The minimum Gasteiger partial charge on any atom is -0.269 e. The van der Waals surface area contributed by atoms with Crippen molar-refractivity contribution in [1.29, 1.82) is 0 Å². The van der Waals surface area contributed by atoms with Crippen molar-refractivity contribution in [3.05, 3.63) is 27.7 Å². The maximum absolute atomic E-state index is 10.4. The topological polar surface area (TPSA) is 66.4 Å². The van der Waals surface area contributed by atoms with Crippen molar-refractivity contribution >= 4 is 43.5 Å². The molecule has 4 nitrogen and oxygen atoms in total. The molecule has 72 valence electrons. The Kier molecular flexibility index (Phi) is 3.18. The van der Waals surface area contributed by atoms with E-state index in [-0.39, 0.29) is 10.7 Å². The van der Waals surface area contributed by atoms with E-state index in [1.54, 1.807) is 6.07 Å². The summed E-state index contributed by atoms with van der Waals surface area (Å²) < 4.78 is 31.9. The molecule has 0 heterocycles. The molecule has 1 rings (SSSR count). The minimum absolute atomic E-state index is 0.132. The Bertz CT molecular complexity index is 420. The van der Waals surface area contributed by atoms with E-state index < -0.39 is 10.3 Å². The fourth-order valence-corrected chi connectivity index (χ4v) is 1.94. The molecular formula is C6H5BrClNO3S. The third kappa shape index (κ3) is 3.51. The van der Waals surface area contributed by atoms with E-state index in [2.05, 4.69) is 15.9 Å². The minimum atomic E-state index is -4.26. The summed E-state index contributed by atoms with van der Waals surface area (Å²) in [6.45, 7) is 0. The number of hydrogen-bond donors (Lipinski definition) is 2. The van der Waals surface area contributed by atoms with Gasteiger partial charge in [0.15, 0.2) is 0 Å². The maximum atomic E-state index is 10.4. The smallest absolute Gasteiger partial charge is 0.269 e. The van der Waals surface area contributed by atoms with Crippen LogP contribution in [0.4, 0.5) is 5.69 Å². The average molecular weight is 287 g/mol. The van der Waals surface area contributed by atoms with Gasteiger partial charge in [-0.15, -0.1) is 0 Å². The van der Waals surface area contributed by atoms with E-state index in [1.807, 2.05) is 4.72 Å². The van der Waals surface area contributed by atoms with Gasteiger partial charge < -0.3 is 0 Å². The second-order valence-corrected chi connectivity index (χ2v) is 4.68. The molecule has 0 bridgehead atoms. The van der Waals surface area contributed by atoms with Gasteiger partial charge in [0.1, 0.15) is 0 Å². The van der Waals surface area contributed by atoms with Gasteiger partial charge in [-0.3, -0.25) is 9.27 Å². The fourth-order valence-electron chi connectivity index (χ4n) is 0.711. The highest BCUT2D eigenvalue weighted by Crippen LogP contribution is 2.25. The first-order valence-electron chi connectivity index (χ1n) is 3.09. The molecule has 2 N–H and O–H groups in total. The highest BCUT2D eigenvalue weighted by molar-refractivity contribution is 9.10. The standard InChI is InChI=1S/C6H5BrClNO3S/c7-4-1-2-6(5(8)3-4)9-13(10,11)12/h1-3,9H,(H,10,11,12). The maximum Gasteiger partial charge on any atom is 0.357 e. The van der Waals surface area contributed by atoms with Gasteiger partial charge in [-0.05, 0) is 18.2 Å². The van der Waals surface area contributed by atoms with E-state index in [4.69, 9.17) is 16.2 Å². The van der Waals surface area contributed by atoms with E-state index in [1.165, 1.54) is 12.1 Å². The largest absolute Gasteiger partial charge is 0.357 e. The molecule has 0 saturated heterocycles. The Morgan fingerprint density at radius 3 is 2.54 bits per heavy atom. The summed E-state index contributed by atoms with van der Waals surface area (Å²) >= 11 is 8.82. The number of anilines is 1. The van der Waals surface area contributed by atoms with Crippen LogP contribution in [0, 0.1) is 0 Å². The van der Waals surface area contributed by atoms with Crippen LogP contribution in [0.15, 0.2) is 22.7 Å². The van der Waals surface area contributed by atoms with E-state index in [0.29, 0.717) is 0 Å². The molecule has 0 spiro atoms. The molecule has 13 heavy (non-hydrogen) atoms. The number of nitrogens with one attached hydrogen (secondary N) is 1. The van der Waals surface area contributed by atoms with Crippen LogP contribution in [-0.4, -0.2) is 13.0 Å². The molecule has 0 radical (unpaired) electrons. The van der Waals surface area contributed by atoms with Crippen molar-refractivity contribution in [2.75, 3.05) is 4.72 Å². The molecule has 0 aliphatic carbocycles. The first kappa shape index (κ1) is 10.8. The lowest BCUT2D eigenvalue weighted by Gasteiger charge is -2.04. The number of halogens is 2. The Hall–Kier alpha value is -0.300. The molecule has 7 heteroatoms. The number of hydrogen-bond acceptors (Lipinski definition) is 2. The molecule has 0 aliphatic heterocycles. The average Bonchev–Trinajstić information content (AvgIpc) is 1.93. The van der Waals surface area contributed by atoms with Gasteiger partial charge >= 0.3 is 10.3 Å². The second kappa shape index (κ2) is 3.83. The summed E-state index contributed by atoms with van der Waals surface area (Å²) in [5.41, 5.74) is 0.132. The quantitative estimate of drug-likeness (QED) is 0.820. The molecule has 0 amide bonds. The fraction of sp³-hybridized carbons (Fsp3) is 0. The van der Waals surface area contributed by atoms with Crippen molar-refractivity contribution in [2.45, 2.75) is 0 Å². The summed E-state index contributed by atoms with van der Waals surface area (Å²) in [6, 6.07) is 4.54.